The zero-order chi connectivity index (χ0) is 15.2. The Labute approximate surface area is 125 Å². The molecule has 0 aromatic heterocycles. The second kappa shape index (κ2) is 7.11. The third-order valence-electron chi connectivity index (χ3n) is 3.65. The molecule has 0 radical (unpaired) electrons. The zero-order valence-electron chi connectivity index (χ0n) is 12.7. The molecule has 1 saturated heterocycles. The number of amides is 1. The summed E-state index contributed by atoms with van der Waals surface area (Å²) in [5, 5.41) is 0. The average molecular weight is 290 g/mol. The van der Waals surface area contributed by atoms with Crippen molar-refractivity contribution in [3.05, 3.63) is 29.8 Å². The second-order valence-corrected chi connectivity index (χ2v) is 5.46. The van der Waals surface area contributed by atoms with Crippen LogP contribution in [0.2, 0.25) is 0 Å². The number of benzene rings is 1. The van der Waals surface area contributed by atoms with E-state index in [9.17, 15) is 9.59 Å². The third-order valence-corrected chi connectivity index (χ3v) is 3.65. The molecule has 0 unspecified atom stereocenters. The van der Waals surface area contributed by atoms with Gasteiger partial charge in [-0.05, 0) is 43.5 Å². The monoisotopic (exact) mass is 290 g/mol. The van der Waals surface area contributed by atoms with Crippen LogP contribution in [0.15, 0.2) is 24.3 Å². The van der Waals surface area contributed by atoms with E-state index in [4.69, 9.17) is 4.74 Å². The molecule has 1 aromatic rings. The quantitative estimate of drug-likeness (QED) is 0.795. The molecule has 1 heterocycles. The highest BCUT2D eigenvalue weighted by molar-refractivity contribution is 5.91. The first kappa shape index (κ1) is 15.4. The van der Waals surface area contributed by atoms with E-state index < -0.39 is 5.97 Å². The van der Waals surface area contributed by atoms with E-state index in [1.807, 2.05) is 31.1 Å². The topological polar surface area (TPSA) is 49.9 Å². The molecule has 0 atom stereocenters. The Balaban J connectivity index is 1.84. The number of anilines is 1. The number of carbonyl (C=O) groups is 2. The van der Waals surface area contributed by atoms with Gasteiger partial charge in [0.2, 0.25) is 0 Å². The lowest BCUT2D eigenvalue weighted by molar-refractivity contribution is -0.135. The summed E-state index contributed by atoms with van der Waals surface area (Å²) in [6, 6.07) is 7.12. The van der Waals surface area contributed by atoms with Crippen LogP contribution < -0.4 is 4.90 Å². The molecule has 5 heteroatoms. The molecule has 1 aliphatic rings. The standard InChI is InChI=1S/C16H22N2O3/c1-17(2)14-8-6-13(7-9-14)16(20)21-12-15(19)18-10-4-3-5-11-18/h6-9H,3-5,10-12H2,1-2H3. The smallest absolute Gasteiger partial charge is 0.338 e. The summed E-state index contributed by atoms with van der Waals surface area (Å²) in [7, 11) is 3.87. The SMILES string of the molecule is CN(C)c1ccc(C(=O)OCC(=O)N2CCCCC2)cc1. The molecule has 5 nitrogen and oxygen atoms in total. The van der Waals surface area contributed by atoms with Gasteiger partial charge in [-0.25, -0.2) is 4.79 Å². The van der Waals surface area contributed by atoms with Gasteiger partial charge in [-0.2, -0.15) is 0 Å². The van der Waals surface area contributed by atoms with E-state index in [0.29, 0.717) is 5.56 Å². The number of nitrogens with zero attached hydrogens (tertiary/aromatic N) is 2. The van der Waals surface area contributed by atoms with E-state index in [0.717, 1.165) is 31.6 Å². The van der Waals surface area contributed by atoms with Gasteiger partial charge in [0.15, 0.2) is 6.61 Å². The van der Waals surface area contributed by atoms with Crippen molar-refractivity contribution in [3.63, 3.8) is 0 Å². The molecule has 114 valence electrons. The van der Waals surface area contributed by atoms with Crippen LogP contribution in [0.25, 0.3) is 0 Å². The largest absolute Gasteiger partial charge is 0.452 e. The molecule has 1 aliphatic heterocycles. The predicted molar refractivity (Wildman–Crippen MR) is 81.5 cm³/mol. The van der Waals surface area contributed by atoms with Crippen molar-refractivity contribution in [2.24, 2.45) is 0 Å². The highest BCUT2D eigenvalue weighted by Crippen LogP contribution is 2.13. The number of piperidine rings is 1. The zero-order valence-corrected chi connectivity index (χ0v) is 12.7. The minimum absolute atomic E-state index is 0.104. The summed E-state index contributed by atoms with van der Waals surface area (Å²) in [4.78, 5) is 27.5. The fraction of sp³-hybridized carbons (Fsp3) is 0.500. The van der Waals surface area contributed by atoms with Crippen LogP contribution in [0, 0.1) is 0 Å². The third kappa shape index (κ3) is 4.21. The maximum atomic E-state index is 11.9. The van der Waals surface area contributed by atoms with Crippen LogP contribution in [0.1, 0.15) is 29.6 Å². The van der Waals surface area contributed by atoms with Crippen molar-refractivity contribution in [1.82, 2.24) is 4.90 Å². The molecule has 1 aromatic carbocycles. The number of hydrogen-bond donors (Lipinski definition) is 0. The van der Waals surface area contributed by atoms with E-state index in [1.165, 1.54) is 6.42 Å². The predicted octanol–water partition coefficient (Wildman–Crippen LogP) is 1.92. The number of ether oxygens (including phenoxy) is 1. The van der Waals surface area contributed by atoms with Gasteiger partial charge < -0.3 is 14.5 Å². The van der Waals surface area contributed by atoms with Crippen molar-refractivity contribution in [2.45, 2.75) is 19.3 Å². The molecule has 1 amide bonds. The molecule has 21 heavy (non-hydrogen) atoms. The number of carbonyl (C=O) groups excluding carboxylic acids is 2. The minimum Gasteiger partial charge on any atom is -0.452 e. The van der Waals surface area contributed by atoms with Crippen molar-refractivity contribution >= 4 is 17.6 Å². The van der Waals surface area contributed by atoms with Crippen LogP contribution in [0.5, 0.6) is 0 Å². The summed E-state index contributed by atoms with van der Waals surface area (Å²) in [5.41, 5.74) is 1.47. The number of hydrogen-bond acceptors (Lipinski definition) is 4. The first-order valence-corrected chi connectivity index (χ1v) is 7.30. The molecule has 2 rings (SSSR count). The summed E-state index contributed by atoms with van der Waals surface area (Å²) in [6.07, 6.45) is 3.24. The van der Waals surface area contributed by atoms with Gasteiger partial charge in [0.05, 0.1) is 5.56 Å². The van der Waals surface area contributed by atoms with Crippen molar-refractivity contribution in [2.75, 3.05) is 38.7 Å². The Bertz CT molecular complexity index is 491. The Morgan fingerprint density at radius 1 is 1.10 bits per heavy atom. The Morgan fingerprint density at radius 3 is 2.29 bits per heavy atom. The molecule has 1 fully saturated rings. The van der Waals surface area contributed by atoms with Gasteiger partial charge >= 0.3 is 5.97 Å². The summed E-state index contributed by atoms with van der Waals surface area (Å²) < 4.78 is 5.10. The summed E-state index contributed by atoms with van der Waals surface area (Å²) >= 11 is 0. The Morgan fingerprint density at radius 2 is 1.71 bits per heavy atom. The summed E-state index contributed by atoms with van der Waals surface area (Å²) in [6.45, 7) is 1.37. The molecule has 0 spiro atoms. The Kier molecular flexibility index (Phi) is 5.20. The van der Waals surface area contributed by atoms with E-state index in [2.05, 4.69) is 0 Å². The highest BCUT2D eigenvalue weighted by atomic mass is 16.5. The van der Waals surface area contributed by atoms with Gasteiger partial charge in [-0.15, -0.1) is 0 Å². The van der Waals surface area contributed by atoms with Crippen LogP contribution in [0.3, 0.4) is 0 Å². The minimum atomic E-state index is -0.453. The first-order valence-electron chi connectivity index (χ1n) is 7.30. The molecule has 0 saturated carbocycles. The van der Waals surface area contributed by atoms with E-state index in [1.54, 1.807) is 17.0 Å². The van der Waals surface area contributed by atoms with Crippen LogP contribution in [0.4, 0.5) is 5.69 Å². The van der Waals surface area contributed by atoms with Gasteiger partial charge in [0.1, 0.15) is 0 Å². The number of likely N-dealkylation sites (tertiary alicyclic amines) is 1. The lowest BCUT2D eigenvalue weighted by atomic mass is 10.1. The molecular weight excluding hydrogens is 268 g/mol. The van der Waals surface area contributed by atoms with Crippen LogP contribution in [-0.2, 0) is 9.53 Å². The van der Waals surface area contributed by atoms with Gasteiger partial charge in [-0.1, -0.05) is 0 Å². The van der Waals surface area contributed by atoms with Gasteiger partial charge in [0.25, 0.3) is 5.91 Å². The molecule has 0 N–H and O–H groups in total. The molecular formula is C16H22N2O3. The van der Waals surface area contributed by atoms with Crippen LogP contribution >= 0.6 is 0 Å². The highest BCUT2D eigenvalue weighted by Gasteiger charge is 2.18. The molecule has 0 bridgehead atoms. The van der Waals surface area contributed by atoms with Crippen molar-refractivity contribution in [3.8, 4) is 0 Å². The lowest BCUT2D eigenvalue weighted by Crippen LogP contribution is -2.38. The number of rotatable bonds is 4. The Hall–Kier alpha value is -2.04. The lowest BCUT2D eigenvalue weighted by Gasteiger charge is -2.26. The van der Waals surface area contributed by atoms with Gasteiger partial charge in [-0.3, -0.25) is 4.79 Å². The van der Waals surface area contributed by atoms with Crippen molar-refractivity contribution in [1.29, 1.82) is 0 Å². The molecule has 0 aliphatic carbocycles. The maximum absolute atomic E-state index is 11.9. The van der Waals surface area contributed by atoms with Crippen LogP contribution in [-0.4, -0.2) is 50.6 Å². The van der Waals surface area contributed by atoms with E-state index >= 15 is 0 Å². The second-order valence-electron chi connectivity index (χ2n) is 5.46. The van der Waals surface area contributed by atoms with Crippen molar-refractivity contribution < 1.29 is 14.3 Å². The average Bonchev–Trinajstić information content (AvgIpc) is 2.53. The van der Waals surface area contributed by atoms with Gasteiger partial charge in [0, 0.05) is 32.9 Å². The fourth-order valence-electron chi connectivity index (χ4n) is 2.34. The maximum Gasteiger partial charge on any atom is 0.338 e. The summed E-state index contributed by atoms with van der Waals surface area (Å²) in [5.74, 6) is -0.557. The number of esters is 1. The first-order chi connectivity index (χ1) is 10.1. The fourth-order valence-corrected chi connectivity index (χ4v) is 2.34. The normalized spacial score (nSPS) is 14.7. The van der Waals surface area contributed by atoms with E-state index in [-0.39, 0.29) is 12.5 Å².